The normalized spacial score (nSPS) is 46.8. The fourth-order valence-corrected chi connectivity index (χ4v) is 8.51. The van der Waals surface area contributed by atoms with Crippen LogP contribution in [0.1, 0.15) is 72.6 Å². The summed E-state index contributed by atoms with van der Waals surface area (Å²) in [6.07, 6.45) is 5.98. The minimum atomic E-state index is -1.13. The Morgan fingerprint density at radius 1 is 0.900 bits per heavy atom. The first kappa shape index (κ1) is 22.5. The van der Waals surface area contributed by atoms with Crippen LogP contribution in [0.2, 0.25) is 0 Å². The summed E-state index contributed by atoms with van der Waals surface area (Å²) in [5.74, 6) is -0.972. The molecule has 0 aromatic carbocycles. The van der Waals surface area contributed by atoms with E-state index in [1.807, 2.05) is 0 Å². The number of aliphatic hydroxyl groups is 2. The van der Waals surface area contributed by atoms with E-state index in [1.54, 1.807) is 0 Å². The molecule has 4 aliphatic rings. The highest BCUT2D eigenvalue weighted by atomic mass is 16.8. The molecule has 0 bridgehead atoms. The van der Waals surface area contributed by atoms with Crippen molar-refractivity contribution in [3.8, 4) is 0 Å². The lowest BCUT2D eigenvalue weighted by Gasteiger charge is -2.66. The molecule has 172 valence electrons. The molecule has 4 rings (SSSR count). The third-order valence-electron chi connectivity index (χ3n) is 9.63. The maximum absolute atomic E-state index is 13.3. The number of ether oxygens (including phenoxy) is 3. The summed E-state index contributed by atoms with van der Waals surface area (Å²) in [4.78, 5) is 13.3. The number of carbonyl (C=O) groups is 1. The summed E-state index contributed by atoms with van der Waals surface area (Å²) >= 11 is 0. The lowest BCUT2D eigenvalue weighted by Crippen LogP contribution is -2.65. The summed E-state index contributed by atoms with van der Waals surface area (Å²) in [6, 6.07) is 0. The highest BCUT2D eigenvalue weighted by Gasteiger charge is 2.70. The maximum Gasteiger partial charge on any atom is 0.314 e. The Balaban J connectivity index is 1.75. The standard InChI is InChI=1S/C24H40O6/c1-21(2)9-6-10-22(3)17(21)7-11-23(4)18(22)8-12-24(19(23)20(27)28-5)29-15(13-25)16(14-26)30-24/h15-19,25-26H,6-14H2,1-5H3/t15-,16-,17-,18+,19-,22-,23+/m1/s1. The van der Waals surface area contributed by atoms with Crippen molar-refractivity contribution in [2.45, 2.75) is 90.6 Å². The molecule has 30 heavy (non-hydrogen) atoms. The molecule has 3 saturated carbocycles. The highest BCUT2D eigenvalue weighted by Crippen LogP contribution is 2.70. The quantitative estimate of drug-likeness (QED) is 0.677. The van der Waals surface area contributed by atoms with Crippen LogP contribution in [0.15, 0.2) is 0 Å². The van der Waals surface area contributed by atoms with Gasteiger partial charge in [-0.2, -0.15) is 0 Å². The smallest absolute Gasteiger partial charge is 0.314 e. The average molecular weight is 425 g/mol. The van der Waals surface area contributed by atoms with Crippen LogP contribution in [0.25, 0.3) is 0 Å². The first-order chi connectivity index (χ1) is 14.1. The van der Waals surface area contributed by atoms with E-state index in [0.29, 0.717) is 23.7 Å². The third kappa shape index (κ3) is 3.01. The molecule has 1 saturated heterocycles. The zero-order chi connectivity index (χ0) is 21.9. The van der Waals surface area contributed by atoms with Crippen LogP contribution >= 0.6 is 0 Å². The van der Waals surface area contributed by atoms with E-state index in [9.17, 15) is 15.0 Å². The fourth-order valence-electron chi connectivity index (χ4n) is 8.51. The molecule has 2 N–H and O–H groups in total. The van der Waals surface area contributed by atoms with Gasteiger partial charge in [-0.15, -0.1) is 0 Å². The maximum atomic E-state index is 13.3. The molecule has 4 fully saturated rings. The van der Waals surface area contributed by atoms with Gasteiger partial charge in [0.2, 0.25) is 0 Å². The molecule has 0 radical (unpaired) electrons. The average Bonchev–Trinajstić information content (AvgIpc) is 3.04. The third-order valence-corrected chi connectivity index (χ3v) is 9.63. The largest absolute Gasteiger partial charge is 0.469 e. The summed E-state index contributed by atoms with van der Waals surface area (Å²) < 4.78 is 17.9. The number of aliphatic hydroxyl groups excluding tert-OH is 2. The van der Waals surface area contributed by atoms with Gasteiger partial charge in [0.15, 0.2) is 5.79 Å². The summed E-state index contributed by atoms with van der Waals surface area (Å²) in [5, 5.41) is 19.6. The van der Waals surface area contributed by atoms with Gasteiger partial charge in [0.05, 0.1) is 20.3 Å². The van der Waals surface area contributed by atoms with Gasteiger partial charge in [-0.25, -0.2) is 0 Å². The molecule has 3 aliphatic carbocycles. The van der Waals surface area contributed by atoms with Crippen LogP contribution in [0.5, 0.6) is 0 Å². The van der Waals surface area contributed by atoms with Crippen molar-refractivity contribution in [1.29, 1.82) is 0 Å². The van der Waals surface area contributed by atoms with E-state index >= 15 is 0 Å². The first-order valence-electron chi connectivity index (χ1n) is 11.7. The highest BCUT2D eigenvalue weighted by molar-refractivity contribution is 5.75. The van der Waals surface area contributed by atoms with Gasteiger partial charge in [-0.3, -0.25) is 4.79 Å². The van der Waals surface area contributed by atoms with E-state index < -0.39 is 23.9 Å². The minimum Gasteiger partial charge on any atom is -0.469 e. The van der Waals surface area contributed by atoms with Gasteiger partial charge in [0, 0.05) is 6.42 Å². The van der Waals surface area contributed by atoms with Crippen LogP contribution < -0.4 is 0 Å². The van der Waals surface area contributed by atoms with E-state index in [-0.39, 0.29) is 30.0 Å². The van der Waals surface area contributed by atoms with Crippen LogP contribution in [0, 0.1) is 34.0 Å². The SMILES string of the molecule is COC(=O)[C@H]1C2(CC[C@H]3[C@]4(C)CCCC(C)(C)[C@H]4CC[C@@]31C)O[C@H](CO)[C@@H](CO)O2. The van der Waals surface area contributed by atoms with Crippen molar-refractivity contribution in [2.24, 2.45) is 34.0 Å². The second-order valence-corrected chi connectivity index (χ2v) is 11.5. The topological polar surface area (TPSA) is 85.2 Å². The zero-order valence-corrected chi connectivity index (χ0v) is 19.3. The van der Waals surface area contributed by atoms with Crippen molar-refractivity contribution in [3.63, 3.8) is 0 Å². The van der Waals surface area contributed by atoms with Crippen molar-refractivity contribution >= 4 is 5.97 Å². The Morgan fingerprint density at radius 3 is 2.07 bits per heavy atom. The molecule has 7 atom stereocenters. The van der Waals surface area contributed by atoms with Crippen LogP contribution in [0.3, 0.4) is 0 Å². The molecule has 0 unspecified atom stereocenters. The Hall–Kier alpha value is -0.690. The first-order valence-corrected chi connectivity index (χ1v) is 11.7. The van der Waals surface area contributed by atoms with E-state index in [4.69, 9.17) is 14.2 Å². The molecule has 0 aromatic heterocycles. The molecule has 1 heterocycles. The summed E-state index contributed by atoms with van der Waals surface area (Å²) in [6.45, 7) is 9.04. The Bertz CT molecular complexity index is 665. The minimum absolute atomic E-state index is 0.175. The van der Waals surface area contributed by atoms with E-state index in [0.717, 1.165) is 19.3 Å². The van der Waals surface area contributed by atoms with Crippen LogP contribution in [-0.4, -0.2) is 54.5 Å². The van der Waals surface area contributed by atoms with Gasteiger partial charge in [0.25, 0.3) is 0 Å². The van der Waals surface area contributed by atoms with Gasteiger partial charge in [-0.05, 0) is 60.2 Å². The van der Waals surface area contributed by atoms with Gasteiger partial charge in [0.1, 0.15) is 18.1 Å². The zero-order valence-electron chi connectivity index (χ0n) is 19.3. The molecule has 0 amide bonds. The van der Waals surface area contributed by atoms with Gasteiger partial charge >= 0.3 is 5.97 Å². The number of hydrogen-bond acceptors (Lipinski definition) is 6. The van der Waals surface area contributed by atoms with Crippen LogP contribution in [-0.2, 0) is 19.0 Å². The Labute approximate surface area is 180 Å². The monoisotopic (exact) mass is 424 g/mol. The predicted molar refractivity (Wildman–Crippen MR) is 111 cm³/mol. The summed E-state index contributed by atoms with van der Waals surface area (Å²) in [7, 11) is 1.43. The summed E-state index contributed by atoms with van der Waals surface area (Å²) in [5.41, 5.74) is 0.177. The van der Waals surface area contributed by atoms with Gasteiger partial charge in [-0.1, -0.05) is 34.1 Å². The van der Waals surface area contributed by atoms with Gasteiger partial charge < -0.3 is 24.4 Å². The molecule has 6 heteroatoms. The van der Waals surface area contributed by atoms with Crippen molar-refractivity contribution in [2.75, 3.05) is 20.3 Å². The Morgan fingerprint density at radius 2 is 1.50 bits per heavy atom. The predicted octanol–water partition coefficient (Wildman–Crippen LogP) is 3.28. The number of rotatable bonds is 3. The number of esters is 1. The number of methoxy groups -OCH3 is 1. The van der Waals surface area contributed by atoms with E-state index in [2.05, 4.69) is 27.7 Å². The van der Waals surface area contributed by atoms with Crippen molar-refractivity contribution in [1.82, 2.24) is 0 Å². The fraction of sp³-hybridized carbons (Fsp3) is 0.958. The number of fused-ring (bicyclic) bond motifs is 3. The second kappa shape index (κ2) is 7.43. The van der Waals surface area contributed by atoms with Crippen LogP contribution in [0.4, 0.5) is 0 Å². The molecule has 1 spiro atoms. The van der Waals surface area contributed by atoms with Crippen molar-refractivity contribution < 1.29 is 29.2 Å². The van der Waals surface area contributed by atoms with E-state index in [1.165, 1.54) is 26.4 Å². The number of carbonyl (C=O) groups excluding carboxylic acids is 1. The second-order valence-electron chi connectivity index (χ2n) is 11.5. The lowest BCUT2D eigenvalue weighted by molar-refractivity contribution is -0.292. The Kier molecular flexibility index (Phi) is 5.57. The molecular formula is C24H40O6. The molecule has 1 aliphatic heterocycles. The molecule has 0 aromatic rings. The number of hydrogen-bond donors (Lipinski definition) is 2. The lowest BCUT2D eigenvalue weighted by atomic mass is 9.39. The van der Waals surface area contributed by atoms with Crippen molar-refractivity contribution in [3.05, 3.63) is 0 Å². The molecular weight excluding hydrogens is 384 g/mol. The molecule has 6 nitrogen and oxygen atoms in total.